The maximum Gasteiger partial charge on any atom is 0.269 e. The molecule has 5 nitrogen and oxygen atoms in total. The molecule has 4 rings (SSSR count). The second kappa shape index (κ2) is 4.96. The van der Waals surface area contributed by atoms with Gasteiger partial charge in [-0.2, -0.15) is 0 Å². The monoisotopic (exact) mass is 293 g/mol. The summed E-state index contributed by atoms with van der Waals surface area (Å²) in [7, 11) is 0. The van der Waals surface area contributed by atoms with Gasteiger partial charge in [-0.1, -0.05) is 30.3 Å². The lowest BCUT2D eigenvalue weighted by Gasteiger charge is -2.24. The summed E-state index contributed by atoms with van der Waals surface area (Å²) in [6.07, 6.45) is 0.989. The van der Waals surface area contributed by atoms with Crippen molar-refractivity contribution in [2.45, 2.75) is 12.5 Å². The van der Waals surface area contributed by atoms with Crippen LogP contribution in [0, 0.1) is 10.1 Å². The summed E-state index contributed by atoms with van der Waals surface area (Å²) >= 11 is 0. The number of aromatic nitrogens is 1. The van der Waals surface area contributed by atoms with Gasteiger partial charge in [0.25, 0.3) is 5.69 Å². The Hall–Kier alpha value is -2.66. The molecule has 0 bridgehead atoms. The molecule has 3 aromatic rings. The molecule has 0 unspecified atom stereocenters. The van der Waals surface area contributed by atoms with E-state index < -0.39 is 0 Å². The predicted molar refractivity (Wildman–Crippen MR) is 84.9 cm³/mol. The van der Waals surface area contributed by atoms with Crippen molar-refractivity contribution < 1.29 is 4.92 Å². The van der Waals surface area contributed by atoms with E-state index in [1.54, 1.807) is 12.1 Å². The van der Waals surface area contributed by atoms with Crippen molar-refractivity contribution in [2.75, 3.05) is 6.54 Å². The summed E-state index contributed by atoms with van der Waals surface area (Å²) in [6.45, 7) is 0.899. The van der Waals surface area contributed by atoms with Gasteiger partial charge in [0.1, 0.15) is 0 Å². The summed E-state index contributed by atoms with van der Waals surface area (Å²) in [5.41, 5.74) is 4.82. The molecule has 1 aliphatic rings. The van der Waals surface area contributed by atoms with Gasteiger partial charge >= 0.3 is 0 Å². The molecule has 5 heteroatoms. The number of non-ortho nitro benzene ring substituents is 1. The molecule has 0 aliphatic carbocycles. The fraction of sp³-hybridized carbons (Fsp3) is 0.176. The van der Waals surface area contributed by atoms with Gasteiger partial charge in [0.2, 0.25) is 0 Å². The van der Waals surface area contributed by atoms with Crippen LogP contribution in [0.25, 0.3) is 10.9 Å². The van der Waals surface area contributed by atoms with Crippen LogP contribution < -0.4 is 5.32 Å². The molecule has 0 saturated heterocycles. The highest BCUT2D eigenvalue weighted by Gasteiger charge is 2.25. The Labute approximate surface area is 127 Å². The molecule has 0 saturated carbocycles. The van der Waals surface area contributed by atoms with Crippen LogP contribution in [-0.4, -0.2) is 16.5 Å². The first-order chi connectivity index (χ1) is 10.7. The second-order valence-corrected chi connectivity index (χ2v) is 5.55. The Balaban J connectivity index is 1.80. The Morgan fingerprint density at radius 3 is 2.64 bits per heavy atom. The molecule has 0 amide bonds. The summed E-state index contributed by atoms with van der Waals surface area (Å²) in [6, 6.07) is 15.1. The molecule has 22 heavy (non-hydrogen) atoms. The summed E-state index contributed by atoms with van der Waals surface area (Å²) in [5.74, 6) is 0. The number of aromatic amines is 1. The molecule has 0 spiro atoms. The predicted octanol–water partition coefficient (Wildman–Crippen LogP) is 3.31. The van der Waals surface area contributed by atoms with Crippen molar-refractivity contribution in [3.8, 4) is 0 Å². The van der Waals surface area contributed by atoms with Crippen LogP contribution in [0.3, 0.4) is 0 Å². The maximum absolute atomic E-state index is 10.8. The van der Waals surface area contributed by atoms with Crippen LogP contribution in [0.1, 0.15) is 22.9 Å². The lowest BCUT2D eigenvalue weighted by molar-refractivity contribution is -0.384. The summed E-state index contributed by atoms with van der Waals surface area (Å²) in [5, 5.41) is 15.6. The molecule has 2 N–H and O–H groups in total. The Kier molecular flexibility index (Phi) is 2.94. The van der Waals surface area contributed by atoms with E-state index in [1.165, 1.54) is 16.6 Å². The first-order valence-electron chi connectivity index (χ1n) is 7.31. The number of H-pyrrole nitrogens is 1. The first kappa shape index (κ1) is 13.0. The number of benzene rings is 2. The summed E-state index contributed by atoms with van der Waals surface area (Å²) in [4.78, 5) is 13.9. The van der Waals surface area contributed by atoms with E-state index in [0.717, 1.165) is 24.0 Å². The van der Waals surface area contributed by atoms with Gasteiger partial charge in [-0.15, -0.1) is 0 Å². The Morgan fingerprint density at radius 2 is 1.86 bits per heavy atom. The minimum Gasteiger partial charge on any atom is -0.357 e. The van der Waals surface area contributed by atoms with E-state index in [1.807, 2.05) is 18.2 Å². The molecular weight excluding hydrogens is 278 g/mol. The van der Waals surface area contributed by atoms with E-state index in [2.05, 4.69) is 28.5 Å². The van der Waals surface area contributed by atoms with Gasteiger partial charge < -0.3 is 10.3 Å². The summed E-state index contributed by atoms with van der Waals surface area (Å²) < 4.78 is 0. The zero-order chi connectivity index (χ0) is 15.1. The number of para-hydroxylation sites is 1. The third-order valence-corrected chi connectivity index (χ3v) is 4.30. The van der Waals surface area contributed by atoms with E-state index in [0.29, 0.717) is 0 Å². The minimum atomic E-state index is -0.369. The van der Waals surface area contributed by atoms with E-state index >= 15 is 0 Å². The lowest BCUT2D eigenvalue weighted by Crippen LogP contribution is -2.30. The quantitative estimate of drug-likeness (QED) is 0.562. The zero-order valence-electron chi connectivity index (χ0n) is 11.9. The van der Waals surface area contributed by atoms with Gasteiger partial charge in [0.05, 0.1) is 11.0 Å². The van der Waals surface area contributed by atoms with Gasteiger partial charge in [-0.3, -0.25) is 10.1 Å². The lowest BCUT2D eigenvalue weighted by atomic mass is 9.94. The third kappa shape index (κ3) is 1.98. The molecule has 2 heterocycles. The number of nitrogens with one attached hydrogen (secondary N) is 2. The largest absolute Gasteiger partial charge is 0.357 e. The van der Waals surface area contributed by atoms with Gasteiger partial charge in [0, 0.05) is 35.3 Å². The number of hydrogen-bond donors (Lipinski definition) is 2. The van der Waals surface area contributed by atoms with Crippen LogP contribution >= 0.6 is 0 Å². The second-order valence-electron chi connectivity index (χ2n) is 5.55. The van der Waals surface area contributed by atoms with E-state index in [9.17, 15) is 10.1 Å². The smallest absolute Gasteiger partial charge is 0.269 e. The topological polar surface area (TPSA) is 71.0 Å². The van der Waals surface area contributed by atoms with Crippen LogP contribution in [0.2, 0.25) is 0 Å². The standard InChI is InChI=1S/C17H15N3O2/c21-20(22)12-7-5-11(6-8-12)16-17-14(9-10-18-16)13-3-1-2-4-15(13)19-17/h1-8,16,18-19H,9-10H2/t16-/m0/s1. The number of hydrogen-bond acceptors (Lipinski definition) is 3. The van der Waals surface area contributed by atoms with Crippen molar-refractivity contribution in [1.29, 1.82) is 0 Å². The number of nitro benzene ring substituents is 1. The van der Waals surface area contributed by atoms with Crippen LogP contribution in [0.4, 0.5) is 5.69 Å². The van der Waals surface area contributed by atoms with Crippen molar-refractivity contribution in [3.05, 3.63) is 75.5 Å². The Morgan fingerprint density at radius 1 is 1.09 bits per heavy atom. The maximum atomic E-state index is 10.8. The van der Waals surface area contributed by atoms with Crippen LogP contribution in [-0.2, 0) is 6.42 Å². The fourth-order valence-corrected chi connectivity index (χ4v) is 3.25. The van der Waals surface area contributed by atoms with Gasteiger partial charge in [-0.25, -0.2) is 0 Å². The van der Waals surface area contributed by atoms with Gasteiger partial charge in [0.15, 0.2) is 0 Å². The molecule has 1 aliphatic heterocycles. The van der Waals surface area contributed by atoms with Crippen LogP contribution in [0.15, 0.2) is 48.5 Å². The fourth-order valence-electron chi connectivity index (χ4n) is 3.25. The normalized spacial score (nSPS) is 17.4. The molecule has 2 aromatic carbocycles. The Bertz CT molecular complexity index is 852. The molecule has 0 fully saturated rings. The number of nitro groups is 1. The highest BCUT2D eigenvalue weighted by Crippen LogP contribution is 2.33. The molecule has 110 valence electrons. The number of fused-ring (bicyclic) bond motifs is 3. The number of nitrogens with zero attached hydrogens (tertiary/aromatic N) is 1. The SMILES string of the molecule is O=[N+]([O-])c1ccc([C@@H]2NCCc3c2[nH]c2ccccc32)cc1. The van der Waals surface area contributed by atoms with Crippen molar-refractivity contribution in [3.63, 3.8) is 0 Å². The zero-order valence-corrected chi connectivity index (χ0v) is 11.9. The van der Waals surface area contributed by atoms with Crippen molar-refractivity contribution in [1.82, 2.24) is 10.3 Å². The van der Waals surface area contributed by atoms with Gasteiger partial charge in [-0.05, 0) is 23.6 Å². The molecule has 0 radical (unpaired) electrons. The van der Waals surface area contributed by atoms with E-state index in [4.69, 9.17) is 0 Å². The average Bonchev–Trinajstić information content (AvgIpc) is 2.93. The van der Waals surface area contributed by atoms with Crippen LogP contribution in [0.5, 0.6) is 0 Å². The molecular formula is C17H15N3O2. The molecule has 1 aromatic heterocycles. The minimum absolute atomic E-state index is 0.0527. The van der Waals surface area contributed by atoms with E-state index in [-0.39, 0.29) is 16.7 Å². The third-order valence-electron chi connectivity index (χ3n) is 4.30. The average molecular weight is 293 g/mol. The number of rotatable bonds is 2. The first-order valence-corrected chi connectivity index (χ1v) is 7.31. The highest BCUT2D eigenvalue weighted by molar-refractivity contribution is 5.85. The van der Waals surface area contributed by atoms with Crippen molar-refractivity contribution in [2.24, 2.45) is 0 Å². The van der Waals surface area contributed by atoms with Crippen molar-refractivity contribution >= 4 is 16.6 Å². The molecule has 1 atom stereocenters. The highest BCUT2D eigenvalue weighted by atomic mass is 16.6.